The molecule has 1 saturated heterocycles. The summed E-state index contributed by atoms with van der Waals surface area (Å²) in [5.74, 6) is -0.447. The summed E-state index contributed by atoms with van der Waals surface area (Å²) in [5.41, 5.74) is 0.207. The van der Waals surface area contributed by atoms with E-state index in [2.05, 4.69) is 5.32 Å². The second-order valence-electron chi connectivity index (χ2n) is 7.48. The molecule has 3 rings (SSSR count). The molecule has 2 amide bonds. The first-order valence-corrected chi connectivity index (χ1v) is 11.5. The summed E-state index contributed by atoms with van der Waals surface area (Å²) in [6.07, 6.45) is 0.0935. The molecular weight excluding hydrogens is 436 g/mol. The maximum absolute atomic E-state index is 12.8. The van der Waals surface area contributed by atoms with E-state index < -0.39 is 14.9 Å². The van der Waals surface area contributed by atoms with Gasteiger partial charge in [-0.05, 0) is 25.1 Å². The predicted molar refractivity (Wildman–Crippen MR) is 116 cm³/mol. The maximum atomic E-state index is 12.8. The Balaban J connectivity index is 1.54. The van der Waals surface area contributed by atoms with Gasteiger partial charge in [-0.2, -0.15) is 4.31 Å². The largest absolute Gasteiger partial charge is 0.349 e. The number of nitro groups is 1. The Bertz CT molecular complexity index is 1100. The number of carbonyl (C=O) groups is 2. The van der Waals surface area contributed by atoms with E-state index in [1.807, 2.05) is 6.07 Å². The van der Waals surface area contributed by atoms with Crippen LogP contribution in [-0.4, -0.2) is 66.6 Å². The predicted octanol–water partition coefficient (Wildman–Crippen LogP) is 1.64. The molecule has 1 unspecified atom stereocenters. The summed E-state index contributed by atoms with van der Waals surface area (Å²) >= 11 is 0. The van der Waals surface area contributed by atoms with Crippen LogP contribution in [0.3, 0.4) is 0 Å². The molecule has 1 aliphatic rings. The Hall–Kier alpha value is -3.31. The van der Waals surface area contributed by atoms with Crippen molar-refractivity contribution in [1.29, 1.82) is 0 Å². The van der Waals surface area contributed by atoms with Gasteiger partial charge in [0.05, 0.1) is 9.82 Å². The zero-order valence-electron chi connectivity index (χ0n) is 17.5. The van der Waals surface area contributed by atoms with Crippen molar-refractivity contribution in [3.05, 3.63) is 70.3 Å². The molecule has 1 heterocycles. The first-order valence-electron chi connectivity index (χ1n) is 10.1. The zero-order chi connectivity index (χ0) is 23.3. The molecular formula is C21H24N4O6S. The van der Waals surface area contributed by atoms with Crippen molar-refractivity contribution in [3.63, 3.8) is 0 Å². The van der Waals surface area contributed by atoms with Crippen molar-refractivity contribution in [2.75, 3.05) is 26.2 Å². The van der Waals surface area contributed by atoms with E-state index in [0.717, 1.165) is 6.07 Å². The van der Waals surface area contributed by atoms with Crippen LogP contribution < -0.4 is 5.32 Å². The lowest BCUT2D eigenvalue weighted by Gasteiger charge is -2.34. The fourth-order valence-corrected chi connectivity index (χ4v) is 4.89. The standard InChI is InChI=1S/C21H24N4O6S/c1-16(22-21(27)17-6-3-2-4-7-17)14-20(26)23-10-12-24(13-11-23)32(30,31)19-9-5-8-18(15-19)25(28)29/h2-9,15-16H,10-14H2,1H3,(H,22,27). The number of carbonyl (C=O) groups excluding carboxylic acids is 2. The molecule has 0 aliphatic carbocycles. The van der Waals surface area contributed by atoms with Crippen LogP contribution in [0, 0.1) is 10.1 Å². The highest BCUT2D eigenvalue weighted by Crippen LogP contribution is 2.22. The highest BCUT2D eigenvalue weighted by molar-refractivity contribution is 7.89. The average molecular weight is 461 g/mol. The molecule has 11 heteroatoms. The quantitative estimate of drug-likeness (QED) is 0.494. The van der Waals surface area contributed by atoms with Crippen LogP contribution in [0.5, 0.6) is 0 Å². The van der Waals surface area contributed by atoms with Crippen LogP contribution >= 0.6 is 0 Å². The van der Waals surface area contributed by atoms with Gasteiger partial charge in [-0.25, -0.2) is 8.42 Å². The topological polar surface area (TPSA) is 130 Å². The smallest absolute Gasteiger partial charge is 0.270 e. The molecule has 1 fully saturated rings. The lowest BCUT2D eigenvalue weighted by atomic mass is 10.1. The number of rotatable bonds is 7. The number of nitro benzene ring substituents is 1. The molecule has 0 aromatic heterocycles. The van der Waals surface area contributed by atoms with Gasteiger partial charge in [0.2, 0.25) is 15.9 Å². The van der Waals surface area contributed by atoms with Crippen molar-refractivity contribution < 1.29 is 22.9 Å². The van der Waals surface area contributed by atoms with E-state index >= 15 is 0 Å². The summed E-state index contributed by atoms with van der Waals surface area (Å²) < 4.78 is 26.9. The van der Waals surface area contributed by atoms with Gasteiger partial charge in [0.15, 0.2) is 0 Å². The fraction of sp³-hybridized carbons (Fsp3) is 0.333. The fourth-order valence-electron chi connectivity index (χ4n) is 3.42. The highest BCUT2D eigenvalue weighted by Gasteiger charge is 2.31. The third-order valence-electron chi connectivity index (χ3n) is 5.15. The van der Waals surface area contributed by atoms with Crippen LogP contribution in [0.15, 0.2) is 59.5 Å². The number of sulfonamides is 1. The number of piperazine rings is 1. The van der Waals surface area contributed by atoms with Crippen LogP contribution in [0.25, 0.3) is 0 Å². The number of nitrogens with zero attached hydrogens (tertiary/aromatic N) is 3. The Labute approximate surface area is 186 Å². The molecule has 1 aliphatic heterocycles. The van der Waals surface area contributed by atoms with Crippen molar-refractivity contribution in [2.24, 2.45) is 0 Å². The number of hydrogen-bond donors (Lipinski definition) is 1. The van der Waals surface area contributed by atoms with Gasteiger partial charge >= 0.3 is 0 Å². The number of benzene rings is 2. The molecule has 0 bridgehead atoms. The lowest BCUT2D eigenvalue weighted by Crippen LogP contribution is -2.51. The number of nitrogens with one attached hydrogen (secondary N) is 1. The Morgan fingerprint density at radius 3 is 2.34 bits per heavy atom. The Morgan fingerprint density at radius 1 is 1.06 bits per heavy atom. The summed E-state index contributed by atoms with van der Waals surface area (Å²) in [6, 6.07) is 13.2. The molecule has 1 atom stereocenters. The monoisotopic (exact) mass is 460 g/mol. The first kappa shape index (κ1) is 23.4. The third-order valence-corrected chi connectivity index (χ3v) is 7.05. The van der Waals surface area contributed by atoms with Gasteiger partial charge in [-0.1, -0.05) is 24.3 Å². The van der Waals surface area contributed by atoms with Gasteiger partial charge in [-0.15, -0.1) is 0 Å². The second-order valence-corrected chi connectivity index (χ2v) is 9.42. The molecule has 2 aromatic rings. The van der Waals surface area contributed by atoms with Crippen molar-refractivity contribution in [3.8, 4) is 0 Å². The van der Waals surface area contributed by atoms with E-state index in [9.17, 15) is 28.1 Å². The van der Waals surface area contributed by atoms with Gasteiger partial charge in [0.25, 0.3) is 11.6 Å². The summed E-state index contributed by atoms with van der Waals surface area (Å²) in [5, 5.41) is 13.7. The minimum atomic E-state index is -3.90. The number of hydrogen-bond acceptors (Lipinski definition) is 6. The molecule has 2 aromatic carbocycles. The van der Waals surface area contributed by atoms with Crippen LogP contribution in [0.4, 0.5) is 5.69 Å². The molecule has 10 nitrogen and oxygen atoms in total. The number of amides is 2. The summed E-state index contributed by atoms with van der Waals surface area (Å²) in [4.78, 5) is 36.5. The molecule has 32 heavy (non-hydrogen) atoms. The van der Waals surface area contributed by atoms with Crippen molar-refractivity contribution in [2.45, 2.75) is 24.3 Å². The van der Waals surface area contributed by atoms with E-state index in [-0.39, 0.29) is 61.0 Å². The minimum absolute atomic E-state index is 0.0848. The zero-order valence-corrected chi connectivity index (χ0v) is 18.3. The average Bonchev–Trinajstić information content (AvgIpc) is 2.79. The summed E-state index contributed by atoms with van der Waals surface area (Å²) in [7, 11) is -3.90. The van der Waals surface area contributed by atoms with E-state index in [0.29, 0.717) is 5.56 Å². The maximum Gasteiger partial charge on any atom is 0.270 e. The normalized spacial score (nSPS) is 15.7. The van der Waals surface area contributed by atoms with Crippen molar-refractivity contribution in [1.82, 2.24) is 14.5 Å². The van der Waals surface area contributed by atoms with Crippen molar-refractivity contribution >= 4 is 27.5 Å². The highest BCUT2D eigenvalue weighted by atomic mass is 32.2. The van der Waals surface area contributed by atoms with Crippen LogP contribution in [0.1, 0.15) is 23.7 Å². The van der Waals surface area contributed by atoms with E-state index in [1.54, 1.807) is 36.1 Å². The molecule has 1 N–H and O–H groups in total. The molecule has 0 saturated carbocycles. The lowest BCUT2D eigenvalue weighted by molar-refractivity contribution is -0.385. The SMILES string of the molecule is CC(CC(=O)N1CCN(S(=O)(=O)c2cccc([N+](=O)[O-])c2)CC1)NC(=O)c1ccccc1. The summed E-state index contributed by atoms with van der Waals surface area (Å²) in [6.45, 7) is 2.31. The van der Waals surface area contributed by atoms with Crippen LogP contribution in [0.2, 0.25) is 0 Å². The Kier molecular flexibility index (Phi) is 7.21. The minimum Gasteiger partial charge on any atom is -0.349 e. The number of non-ortho nitro benzene ring substituents is 1. The molecule has 0 radical (unpaired) electrons. The van der Waals surface area contributed by atoms with Crippen LogP contribution in [-0.2, 0) is 14.8 Å². The molecule has 0 spiro atoms. The van der Waals surface area contributed by atoms with Gasteiger partial charge in [0, 0.05) is 56.3 Å². The molecule has 170 valence electrons. The Morgan fingerprint density at radius 2 is 1.72 bits per heavy atom. The first-order chi connectivity index (χ1) is 15.2. The van der Waals surface area contributed by atoms with E-state index in [1.165, 1.54) is 22.5 Å². The second kappa shape index (κ2) is 9.88. The van der Waals surface area contributed by atoms with E-state index in [4.69, 9.17) is 0 Å². The van der Waals surface area contributed by atoms with Gasteiger partial charge in [-0.3, -0.25) is 19.7 Å². The van der Waals surface area contributed by atoms with Gasteiger partial charge in [0.1, 0.15) is 0 Å². The third kappa shape index (κ3) is 5.48. The van der Waals surface area contributed by atoms with Gasteiger partial charge < -0.3 is 10.2 Å².